The second-order valence-electron chi connectivity index (χ2n) is 9.32. The maximum atomic E-state index is 12.8. The van der Waals surface area contributed by atoms with Crippen LogP contribution in [0.5, 0.6) is 0 Å². The number of likely N-dealkylation sites (tertiary alicyclic amines) is 1. The van der Waals surface area contributed by atoms with Gasteiger partial charge >= 0.3 is 0 Å². The summed E-state index contributed by atoms with van der Waals surface area (Å²) in [6, 6.07) is 12.2. The summed E-state index contributed by atoms with van der Waals surface area (Å²) in [7, 11) is 0. The van der Waals surface area contributed by atoms with Crippen LogP contribution in [-0.4, -0.2) is 51.4 Å². The molecule has 1 aromatic heterocycles. The van der Waals surface area contributed by atoms with E-state index in [0.717, 1.165) is 55.2 Å². The Hall–Kier alpha value is -3.45. The Morgan fingerprint density at radius 2 is 1.85 bits per heavy atom. The predicted molar refractivity (Wildman–Crippen MR) is 131 cm³/mol. The fourth-order valence-corrected chi connectivity index (χ4v) is 4.73. The van der Waals surface area contributed by atoms with Crippen LogP contribution >= 0.6 is 0 Å². The highest BCUT2D eigenvalue weighted by Gasteiger charge is 2.36. The summed E-state index contributed by atoms with van der Waals surface area (Å²) in [4.78, 5) is 26.5. The fraction of sp³-hybridized carbons (Fsp3) is 0.346. The van der Waals surface area contributed by atoms with E-state index in [4.69, 9.17) is 10.7 Å². The summed E-state index contributed by atoms with van der Waals surface area (Å²) in [5, 5.41) is 3.35. The lowest BCUT2D eigenvalue weighted by Gasteiger charge is -2.46. The van der Waals surface area contributed by atoms with Gasteiger partial charge in [0, 0.05) is 67.3 Å². The molecule has 1 saturated heterocycles. The lowest BCUT2D eigenvalue weighted by molar-refractivity contribution is 0.0215. The zero-order valence-corrected chi connectivity index (χ0v) is 19.4. The summed E-state index contributed by atoms with van der Waals surface area (Å²) in [5.74, 6) is 0.726. The average molecular weight is 443 g/mol. The highest BCUT2D eigenvalue weighted by Crippen LogP contribution is 2.26. The minimum Gasteiger partial charge on any atom is -0.399 e. The normalized spacial score (nSPS) is 16.3. The molecule has 7 nitrogen and oxygen atoms in total. The first-order chi connectivity index (χ1) is 15.9. The number of fused-ring (bicyclic) bond motifs is 1. The van der Waals surface area contributed by atoms with Crippen LogP contribution in [0, 0.1) is 20.8 Å². The van der Waals surface area contributed by atoms with Gasteiger partial charge in [-0.05, 0) is 67.8 Å². The van der Waals surface area contributed by atoms with E-state index >= 15 is 0 Å². The van der Waals surface area contributed by atoms with Crippen molar-refractivity contribution in [1.29, 1.82) is 0 Å². The molecule has 0 radical (unpaired) electrons. The van der Waals surface area contributed by atoms with Crippen molar-refractivity contribution in [3.63, 3.8) is 0 Å². The molecular formula is C26H30N6O. The van der Waals surface area contributed by atoms with Crippen molar-refractivity contribution in [3.8, 4) is 0 Å². The average Bonchev–Trinajstić information content (AvgIpc) is 2.74. The highest BCUT2D eigenvalue weighted by molar-refractivity contribution is 5.95. The Balaban J connectivity index is 1.20. The molecule has 3 aromatic rings. The van der Waals surface area contributed by atoms with Gasteiger partial charge in [-0.15, -0.1) is 0 Å². The van der Waals surface area contributed by atoms with Gasteiger partial charge in [0.2, 0.25) is 5.95 Å². The van der Waals surface area contributed by atoms with E-state index in [0.29, 0.717) is 17.6 Å². The zero-order chi connectivity index (χ0) is 23.1. The van der Waals surface area contributed by atoms with Gasteiger partial charge in [-0.2, -0.15) is 0 Å². The number of nitrogens with zero attached hydrogens (tertiary/aromatic N) is 4. The van der Waals surface area contributed by atoms with Gasteiger partial charge in [-0.3, -0.25) is 9.69 Å². The van der Waals surface area contributed by atoms with Crippen LogP contribution in [0.4, 0.5) is 17.3 Å². The summed E-state index contributed by atoms with van der Waals surface area (Å²) in [5.41, 5.74) is 14.0. The Kier molecular flexibility index (Phi) is 5.50. The largest absolute Gasteiger partial charge is 0.399 e. The molecule has 0 atom stereocenters. The van der Waals surface area contributed by atoms with Crippen molar-refractivity contribution in [2.75, 3.05) is 30.7 Å². The molecule has 170 valence electrons. The second kappa shape index (κ2) is 8.48. The third-order valence-electron chi connectivity index (χ3n) is 6.62. The third-order valence-corrected chi connectivity index (χ3v) is 6.62. The number of carbonyl (C=O) groups excluding carboxylic acids is 1. The van der Waals surface area contributed by atoms with E-state index in [1.54, 1.807) is 0 Å². The van der Waals surface area contributed by atoms with Gasteiger partial charge in [0.1, 0.15) is 0 Å². The predicted octanol–water partition coefficient (Wildman–Crippen LogP) is 3.61. The van der Waals surface area contributed by atoms with Gasteiger partial charge in [-0.1, -0.05) is 6.07 Å². The molecule has 5 rings (SSSR count). The maximum absolute atomic E-state index is 12.8. The van der Waals surface area contributed by atoms with Gasteiger partial charge in [0.25, 0.3) is 5.91 Å². The molecule has 2 aromatic carbocycles. The number of rotatable bonds is 4. The molecule has 3 N–H and O–H groups in total. The molecule has 2 aliphatic rings. The molecule has 0 saturated carbocycles. The Morgan fingerprint density at radius 1 is 1.09 bits per heavy atom. The molecule has 0 spiro atoms. The fourth-order valence-electron chi connectivity index (χ4n) is 4.73. The number of carbonyl (C=O) groups is 1. The SMILES string of the molecule is Cc1cc(C)cc(Nc2ncc3c(n2)CCN(C2CN(C(=O)c4ccc(N)c(C)c4)C2)C3)c1. The van der Waals surface area contributed by atoms with Gasteiger partial charge in [0.15, 0.2) is 0 Å². The quantitative estimate of drug-likeness (QED) is 0.600. The van der Waals surface area contributed by atoms with Crippen LogP contribution in [-0.2, 0) is 13.0 Å². The number of benzene rings is 2. The molecule has 0 bridgehead atoms. The number of nitrogen functional groups attached to an aromatic ring is 1. The van der Waals surface area contributed by atoms with Crippen LogP contribution in [0.3, 0.4) is 0 Å². The van der Waals surface area contributed by atoms with Crippen molar-refractivity contribution in [2.24, 2.45) is 0 Å². The van der Waals surface area contributed by atoms with Crippen LogP contribution in [0.1, 0.15) is 38.3 Å². The molecule has 2 aliphatic heterocycles. The topological polar surface area (TPSA) is 87.4 Å². The van der Waals surface area contributed by atoms with Crippen LogP contribution in [0.2, 0.25) is 0 Å². The number of nitrogens with one attached hydrogen (secondary N) is 1. The maximum Gasteiger partial charge on any atom is 0.253 e. The summed E-state index contributed by atoms with van der Waals surface area (Å²) < 4.78 is 0. The zero-order valence-electron chi connectivity index (χ0n) is 19.4. The third kappa shape index (κ3) is 4.41. The van der Waals surface area contributed by atoms with E-state index in [9.17, 15) is 4.79 Å². The summed E-state index contributed by atoms with van der Waals surface area (Å²) in [6.07, 6.45) is 2.83. The van der Waals surface area contributed by atoms with Gasteiger partial charge < -0.3 is 16.0 Å². The number of nitrogens with two attached hydrogens (primary N) is 1. The molecule has 1 fully saturated rings. The summed E-state index contributed by atoms with van der Waals surface area (Å²) >= 11 is 0. The molecule has 33 heavy (non-hydrogen) atoms. The number of hydrogen-bond donors (Lipinski definition) is 2. The van der Waals surface area contributed by atoms with E-state index in [-0.39, 0.29) is 5.91 Å². The number of amides is 1. The first-order valence-electron chi connectivity index (χ1n) is 11.5. The lowest BCUT2D eigenvalue weighted by Crippen LogP contribution is -2.61. The van der Waals surface area contributed by atoms with Crippen molar-refractivity contribution in [2.45, 2.75) is 39.8 Å². The Labute approximate surface area is 194 Å². The first-order valence-corrected chi connectivity index (χ1v) is 11.5. The molecular weight excluding hydrogens is 412 g/mol. The summed E-state index contributed by atoms with van der Waals surface area (Å²) in [6.45, 7) is 9.39. The van der Waals surface area contributed by atoms with E-state index in [1.807, 2.05) is 36.2 Å². The molecule has 3 heterocycles. The number of aryl methyl sites for hydroxylation is 3. The van der Waals surface area contributed by atoms with Crippen molar-refractivity contribution >= 4 is 23.2 Å². The van der Waals surface area contributed by atoms with E-state index in [2.05, 4.69) is 47.2 Å². The van der Waals surface area contributed by atoms with Crippen molar-refractivity contribution in [3.05, 3.63) is 76.1 Å². The number of hydrogen-bond acceptors (Lipinski definition) is 6. The minimum absolute atomic E-state index is 0.0807. The van der Waals surface area contributed by atoms with Gasteiger partial charge in [0.05, 0.1) is 5.69 Å². The van der Waals surface area contributed by atoms with Crippen molar-refractivity contribution in [1.82, 2.24) is 19.8 Å². The molecule has 0 aliphatic carbocycles. The van der Waals surface area contributed by atoms with E-state index in [1.165, 1.54) is 16.7 Å². The van der Waals surface area contributed by atoms with Crippen LogP contribution in [0.15, 0.2) is 42.6 Å². The number of anilines is 3. The second-order valence-corrected chi connectivity index (χ2v) is 9.32. The Bertz CT molecular complexity index is 1200. The minimum atomic E-state index is 0.0807. The standard InChI is InChI=1S/C26H30N6O/c1-16-8-17(2)10-21(9-16)29-26-28-12-20-13-31(7-6-24(20)30-26)22-14-32(15-22)25(33)19-4-5-23(27)18(3)11-19/h4-5,8-12,22H,6-7,13-15,27H2,1-3H3,(H,28,29,30). The van der Waals surface area contributed by atoms with Gasteiger partial charge in [-0.25, -0.2) is 9.97 Å². The number of aromatic nitrogens is 2. The Morgan fingerprint density at radius 3 is 2.58 bits per heavy atom. The van der Waals surface area contributed by atoms with Crippen molar-refractivity contribution < 1.29 is 4.79 Å². The van der Waals surface area contributed by atoms with Crippen LogP contribution < -0.4 is 11.1 Å². The monoisotopic (exact) mass is 442 g/mol. The smallest absolute Gasteiger partial charge is 0.253 e. The first kappa shape index (κ1) is 21.4. The lowest BCUT2D eigenvalue weighted by atomic mass is 9.99. The highest BCUT2D eigenvalue weighted by atomic mass is 16.2. The molecule has 0 unspecified atom stereocenters. The van der Waals surface area contributed by atoms with E-state index < -0.39 is 0 Å². The molecule has 7 heteroatoms. The molecule has 1 amide bonds. The van der Waals surface area contributed by atoms with Crippen LogP contribution in [0.25, 0.3) is 0 Å².